The monoisotopic (exact) mass is 302 g/mol. The number of hydrogen-bond acceptors (Lipinski definition) is 5. The molecule has 2 atom stereocenters. The number of pyridine rings is 1. The summed E-state index contributed by atoms with van der Waals surface area (Å²) in [5.41, 5.74) is 1.07. The number of rotatable bonds is 4. The van der Waals surface area contributed by atoms with Gasteiger partial charge in [0.15, 0.2) is 0 Å². The fourth-order valence-electron chi connectivity index (χ4n) is 2.48. The largest absolute Gasteiger partial charge is 0.495 e. The first-order valence-electron chi connectivity index (χ1n) is 6.86. The number of ether oxygens (including phenoxy) is 2. The Balaban J connectivity index is 1.84. The Labute approximate surface area is 128 Å². The fraction of sp³-hybridized carbons (Fsp3) is 0.312. The molecule has 1 aromatic carbocycles. The number of thioether (sulfide) groups is 1. The third-order valence-corrected chi connectivity index (χ3v) is 4.69. The molecule has 1 aliphatic rings. The number of nitrogens with one attached hydrogen (secondary N) is 1. The van der Waals surface area contributed by atoms with E-state index in [2.05, 4.69) is 16.4 Å². The van der Waals surface area contributed by atoms with Gasteiger partial charge in [0.2, 0.25) is 0 Å². The molecule has 0 bridgehead atoms. The van der Waals surface area contributed by atoms with Gasteiger partial charge in [-0.25, -0.2) is 0 Å². The first-order valence-corrected chi connectivity index (χ1v) is 7.85. The number of para-hydroxylation sites is 1. The molecule has 0 radical (unpaired) electrons. The predicted octanol–water partition coefficient (Wildman–Crippen LogP) is 2.90. The molecule has 5 heteroatoms. The van der Waals surface area contributed by atoms with Gasteiger partial charge >= 0.3 is 0 Å². The Morgan fingerprint density at radius 2 is 2.24 bits per heavy atom. The van der Waals surface area contributed by atoms with E-state index in [0.29, 0.717) is 0 Å². The Hall–Kier alpha value is -1.72. The van der Waals surface area contributed by atoms with Gasteiger partial charge in [0, 0.05) is 16.8 Å². The van der Waals surface area contributed by atoms with Crippen LogP contribution in [0, 0.1) is 0 Å². The van der Waals surface area contributed by atoms with Crippen LogP contribution >= 0.6 is 11.8 Å². The predicted molar refractivity (Wildman–Crippen MR) is 84.2 cm³/mol. The molecule has 0 aliphatic carbocycles. The highest BCUT2D eigenvalue weighted by molar-refractivity contribution is 7.99. The number of fused-ring (bicyclic) bond motifs is 1. The van der Waals surface area contributed by atoms with Crippen LogP contribution in [0.4, 0.5) is 0 Å². The summed E-state index contributed by atoms with van der Waals surface area (Å²) < 4.78 is 11.4. The summed E-state index contributed by atoms with van der Waals surface area (Å²) in [7, 11) is 3.59. The van der Waals surface area contributed by atoms with Crippen LogP contribution in [-0.2, 0) is 0 Å². The smallest absolute Gasteiger partial charge is 0.137 e. The van der Waals surface area contributed by atoms with Crippen molar-refractivity contribution in [2.45, 2.75) is 17.0 Å². The van der Waals surface area contributed by atoms with Crippen molar-refractivity contribution in [3.05, 3.63) is 48.3 Å². The molecule has 110 valence electrons. The van der Waals surface area contributed by atoms with Crippen LogP contribution in [0.2, 0.25) is 0 Å². The zero-order chi connectivity index (χ0) is 14.7. The van der Waals surface area contributed by atoms with Crippen LogP contribution in [0.15, 0.2) is 47.6 Å². The summed E-state index contributed by atoms with van der Waals surface area (Å²) in [4.78, 5) is 5.44. The maximum Gasteiger partial charge on any atom is 0.137 e. The molecule has 0 saturated carbocycles. The number of likely N-dealkylation sites (N-methyl/N-ethyl adjacent to an activating group) is 1. The summed E-state index contributed by atoms with van der Waals surface area (Å²) in [5.74, 6) is 2.62. The van der Waals surface area contributed by atoms with Gasteiger partial charge in [-0.15, -0.1) is 11.8 Å². The lowest BCUT2D eigenvalue weighted by Crippen LogP contribution is -2.37. The topological polar surface area (TPSA) is 43.4 Å². The Kier molecular flexibility index (Phi) is 4.31. The van der Waals surface area contributed by atoms with Gasteiger partial charge in [-0.05, 0) is 30.8 Å². The van der Waals surface area contributed by atoms with Crippen molar-refractivity contribution < 1.29 is 9.47 Å². The van der Waals surface area contributed by atoms with E-state index >= 15 is 0 Å². The van der Waals surface area contributed by atoms with E-state index in [0.717, 1.165) is 22.8 Å². The van der Waals surface area contributed by atoms with Crippen LogP contribution in [0.25, 0.3) is 0 Å². The zero-order valence-corrected chi connectivity index (χ0v) is 12.9. The van der Waals surface area contributed by atoms with Crippen molar-refractivity contribution in [2.75, 3.05) is 19.9 Å². The molecular weight excluding hydrogens is 284 g/mol. The highest BCUT2D eigenvalue weighted by Crippen LogP contribution is 2.38. The molecule has 3 rings (SSSR count). The van der Waals surface area contributed by atoms with Gasteiger partial charge in [-0.2, -0.15) is 0 Å². The van der Waals surface area contributed by atoms with Crippen molar-refractivity contribution in [3.8, 4) is 11.5 Å². The normalized spacial score (nSPS) is 18.5. The minimum Gasteiger partial charge on any atom is -0.495 e. The summed E-state index contributed by atoms with van der Waals surface area (Å²) >= 11 is 1.83. The van der Waals surface area contributed by atoms with Gasteiger partial charge < -0.3 is 14.8 Å². The molecule has 2 unspecified atom stereocenters. The Morgan fingerprint density at radius 3 is 3.05 bits per heavy atom. The summed E-state index contributed by atoms with van der Waals surface area (Å²) in [6, 6.07) is 10.2. The molecule has 2 heterocycles. The van der Waals surface area contributed by atoms with Crippen molar-refractivity contribution in [1.29, 1.82) is 0 Å². The van der Waals surface area contributed by atoms with Crippen LogP contribution in [0.5, 0.6) is 11.5 Å². The first-order chi connectivity index (χ1) is 10.3. The molecule has 0 amide bonds. The molecule has 21 heavy (non-hydrogen) atoms. The highest BCUT2D eigenvalue weighted by Gasteiger charge is 2.28. The summed E-state index contributed by atoms with van der Waals surface area (Å²) in [5, 5.41) is 3.34. The van der Waals surface area contributed by atoms with Crippen LogP contribution in [0.3, 0.4) is 0 Å². The second-order valence-electron chi connectivity index (χ2n) is 4.84. The lowest BCUT2D eigenvalue weighted by Gasteiger charge is -2.31. The van der Waals surface area contributed by atoms with Crippen molar-refractivity contribution in [2.24, 2.45) is 0 Å². The number of hydrogen-bond donors (Lipinski definition) is 1. The molecule has 2 aromatic rings. The quantitative estimate of drug-likeness (QED) is 0.940. The first kappa shape index (κ1) is 14.2. The minimum absolute atomic E-state index is 0.0591. The second kappa shape index (κ2) is 6.37. The summed E-state index contributed by atoms with van der Waals surface area (Å²) in [6.45, 7) is 0. The minimum atomic E-state index is 0.0591. The average molecular weight is 302 g/mol. The SMILES string of the molecule is CNC(c1cncc(OC)c1)C1CSc2ccccc2O1. The molecule has 1 aliphatic heterocycles. The molecule has 0 spiro atoms. The maximum atomic E-state index is 6.16. The highest BCUT2D eigenvalue weighted by atomic mass is 32.2. The van der Waals surface area contributed by atoms with Crippen LogP contribution in [0.1, 0.15) is 11.6 Å². The van der Waals surface area contributed by atoms with Crippen molar-refractivity contribution in [3.63, 3.8) is 0 Å². The zero-order valence-electron chi connectivity index (χ0n) is 12.1. The molecule has 0 saturated heterocycles. The van der Waals surface area contributed by atoms with Crippen LogP contribution in [-0.4, -0.2) is 31.0 Å². The van der Waals surface area contributed by atoms with E-state index in [-0.39, 0.29) is 12.1 Å². The number of aromatic nitrogens is 1. The standard InChI is InChI=1S/C16H18N2O2S/c1-17-16(11-7-12(19-2)9-18-8-11)14-10-21-15-6-4-3-5-13(15)20-14/h3-9,14,16-17H,10H2,1-2H3. The third-order valence-electron chi connectivity index (χ3n) is 3.54. The lowest BCUT2D eigenvalue weighted by atomic mass is 10.0. The fourth-order valence-corrected chi connectivity index (χ4v) is 3.52. The van der Waals surface area contributed by atoms with E-state index in [9.17, 15) is 0 Å². The molecule has 0 fully saturated rings. The maximum absolute atomic E-state index is 6.16. The van der Waals surface area contributed by atoms with E-state index in [1.165, 1.54) is 4.90 Å². The number of methoxy groups -OCH3 is 1. The van der Waals surface area contributed by atoms with Gasteiger partial charge in [0.1, 0.15) is 17.6 Å². The average Bonchev–Trinajstić information content (AvgIpc) is 2.56. The van der Waals surface area contributed by atoms with E-state index in [1.807, 2.05) is 49.3 Å². The van der Waals surface area contributed by atoms with Gasteiger partial charge in [0.05, 0.1) is 19.3 Å². The Bertz CT molecular complexity index is 621. The van der Waals surface area contributed by atoms with E-state index < -0.39 is 0 Å². The third kappa shape index (κ3) is 2.99. The number of nitrogens with zero attached hydrogens (tertiary/aromatic N) is 1. The van der Waals surface area contributed by atoms with Crippen molar-refractivity contribution >= 4 is 11.8 Å². The molecule has 1 N–H and O–H groups in total. The Morgan fingerprint density at radius 1 is 1.38 bits per heavy atom. The van der Waals surface area contributed by atoms with Gasteiger partial charge in [-0.1, -0.05) is 12.1 Å². The lowest BCUT2D eigenvalue weighted by molar-refractivity contribution is 0.170. The van der Waals surface area contributed by atoms with Gasteiger partial charge in [0.25, 0.3) is 0 Å². The molecule has 4 nitrogen and oxygen atoms in total. The second-order valence-corrected chi connectivity index (χ2v) is 5.90. The van der Waals surface area contributed by atoms with Gasteiger partial charge in [-0.3, -0.25) is 4.98 Å². The van der Waals surface area contributed by atoms with Crippen LogP contribution < -0.4 is 14.8 Å². The number of benzene rings is 1. The van der Waals surface area contributed by atoms with Crippen molar-refractivity contribution in [1.82, 2.24) is 10.3 Å². The summed E-state index contributed by atoms with van der Waals surface area (Å²) in [6.07, 6.45) is 3.63. The molecular formula is C16H18N2O2S. The molecule has 1 aromatic heterocycles. The van der Waals surface area contributed by atoms with E-state index in [1.54, 1.807) is 13.3 Å². The van der Waals surface area contributed by atoms with E-state index in [4.69, 9.17) is 9.47 Å².